The van der Waals surface area contributed by atoms with Gasteiger partial charge in [-0.15, -0.1) is 6.42 Å². The standard InChI is InChI=1S/C16H14Cl2N2O/c1-2-8-21-16-14(17)9-12(10-15(16)18)11-19-20-13-6-4-3-5-7-13/h1,3-7,9-10,19-20H,8,11H2. The lowest BCUT2D eigenvalue weighted by molar-refractivity contribution is 0.370. The summed E-state index contributed by atoms with van der Waals surface area (Å²) < 4.78 is 5.31. The van der Waals surface area contributed by atoms with Gasteiger partial charge in [0.2, 0.25) is 0 Å². The zero-order valence-corrected chi connectivity index (χ0v) is 12.7. The van der Waals surface area contributed by atoms with Gasteiger partial charge in [-0.25, -0.2) is 5.43 Å². The normalized spacial score (nSPS) is 9.95. The van der Waals surface area contributed by atoms with Crippen molar-refractivity contribution in [3.8, 4) is 18.1 Å². The summed E-state index contributed by atoms with van der Waals surface area (Å²) in [6, 6.07) is 13.4. The van der Waals surface area contributed by atoms with Gasteiger partial charge < -0.3 is 10.2 Å². The zero-order valence-electron chi connectivity index (χ0n) is 11.2. The molecule has 0 amide bonds. The summed E-state index contributed by atoms with van der Waals surface area (Å²) >= 11 is 12.3. The fraction of sp³-hybridized carbons (Fsp3) is 0.125. The highest BCUT2D eigenvalue weighted by molar-refractivity contribution is 6.37. The molecule has 0 aliphatic carbocycles. The van der Waals surface area contributed by atoms with Crippen LogP contribution in [0.25, 0.3) is 0 Å². The number of anilines is 1. The lowest BCUT2D eigenvalue weighted by Gasteiger charge is -2.12. The van der Waals surface area contributed by atoms with E-state index < -0.39 is 0 Å². The molecule has 0 atom stereocenters. The van der Waals surface area contributed by atoms with Crippen molar-refractivity contribution in [1.82, 2.24) is 5.43 Å². The molecule has 0 heterocycles. The second-order valence-electron chi connectivity index (χ2n) is 4.23. The van der Waals surface area contributed by atoms with Crippen molar-refractivity contribution in [1.29, 1.82) is 0 Å². The van der Waals surface area contributed by atoms with Crippen LogP contribution in [-0.2, 0) is 6.54 Å². The first kappa shape index (κ1) is 15.5. The van der Waals surface area contributed by atoms with E-state index >= 15 is 0 Å². The third-order valence-corrected chi connectivity index (χ3v) is 3.22. The van der Waals surface area contributed by atoms with Crippen molar-refractivity contribution in [2.75, 3.05) is 12.0 Å². The molecule has 0 unspecified atom stereocenters. The van der Waals surface area contributed by atoms with Gasteiger partial charge in [0.1, 0.15) is 6.61 Å². The smallest absolute Gasteiger partial charge is 0.157 e. The number of ether oxygens (including phenoxy) is 1. The number of benzene rings is 2. The van der Waals surface area contributed by atoms with Gasteiger partial charge in [-0.1, -0.05) is 47.3 Å². The fourth-order valence-electron chi connectivity index (χ4n) is 1.74. The van der Waals surface area contributed by atoms with Gasteiger partial charge in [-0.05, 0) is 29.8 Å². The van der Waals surface area contributed by atoms with Gasteiger partial charge in [0.25, 0.3) is 0 Å². The molecule has 2 rings (SSSR count). The minimum atomic E-state index is 0.132. The Bertz CT molecular complexity index is 615. The van der Waals surface area contributed by atoms with E-state index in [1.807, 2.05) is 30.3 Å². The molecule has 2 aromatic rings. The predicted octanol–water partition coefficient (Wildman–Crippen LogP) is 4.12. The number of rotatable bonds is 6. The van der Waals surface area contributed by atoms with Crippen molar-refractivity contribution in [3.63, 3.8) is 0 Å². The Morgan fingerprint density at radius 1 is 1.10 bits per heavy atom. The first-order valence-corrected chi connectivity index (χ1v) is 7.04. The molecule has 0 aliphatic heterocycles. The third-order valence-electron chi connectivity index (χ3n) is 2.66. The quantitative estimate of drug-likeness (QED) is 0.620. The third kappa shape index (κ3) is 4.57. The highest BCUT2D eigenvalue weighted by atomic mass is 35.5. The minimum Gasteiger partial charge on any atom is -0.478 e. The Morgan fingerprint density at radius 2 is 1.76 bits per heavy atom. The zero-order chi connectivity index (χ0) is 15.1. The summed E-state index contributed by atoms with van der Waals surface area (Å²) in [5, 5.41) is 0.878. The SMILES string of the molecule is C#CCOc1c(Cl)cc(CNNc2ccccc2)cc1Cl. The van der Waals surface area contributed by atoms with E-state index in [1.165, 1.54) is 0 Å². The van der Waals surface area contributed by atoms with E-state index in [4.69, 9.17) is 34.4 Å². The van der Waals surface area contributed by atoms with Crippen LogP contribution in [0.3, 0.4) is 0 Å². The Labute approximate surface area is 134 Å². The summed E-state index contributed by atoms with van der Waals surface area (Å²) in [6.45, 7) is 0.691. The van der Waals surface area contributed by atoms with Crippen LogP contribution in [0.4, 0.5) is 5.69 Å². The number of terminal acetylenes is 1. The van der Waals surface area contributed by atoms with E-state index in [0.29, 0.717) is 22.3 Å². The maximum atomic E-state index is 6.14. The molecule has 0 spiro atoms. The molecule has 0 radical (unpaired) electrons. The molecule has 0 aromatic heterocycles. The van der Waals surface area contributed by atoms with Crippen molar-refractivity contribution in [3.05, 3.63) is 58.1 Å². The average Bonchev–Trinajstić information content (AvgIpc) is 2.48. The molecule has 0 aliphatic rings. The first-order chi connectivity index (χ1) is 10.2. The number of nitrogens with one attached hydrogen (secondary N) is 2. The average molecular weight is 321 g/mol. The molecule has 5 heteroatoms. The second-order valence-corrected chi connectivity index (χ2v) is 5.04. The summed E-state index contributed by atoms with van der Waals surface area (Å²) in [4.78, 5) is 0. The van der Waals surface area contributed by atoms with Crippen LogP contribution < -0.4 is 15.6 Å². The second kappa shape index (κ2) is 7.80. The Hall–Kier alpha value is -1.86. The fourth-order valence-corrected chi connectivity index (χ4v) is 2.38. The molecular formula is C16H14Cl2N2O. The molecule has 0 fully saturated rings. The number of hydrogen-bond acceptors (Lipinski definition) is 3. The molecule has 0 saturated heterocycles. The lowest BCUT2D eigenvalue weighted by atomic mass is 10.2. The molecule has 0 bridgehead atoms. The predicted molar refractivity (Wildman–Crippen MR) is 87.7 cm³/mol. The lowest BCUT2D eigenvalue weighted by Crippen LogP contribution is -2.20. The van der Waals surface area contributed by atoms with E-state index in [9.17, 15) is 0 Å². The summed E-state index contributed by atoms with van der Waals surface area (Å²) in [5.74, 6) is 2.79. The summed E-state index contributed by atoms with van der Waals surface area (Å²) in [5.41, 5.74) is 8.09. The maximum Gasteiger partial charge on any atom is 0.157 e. The number of hydrazine groups is 1. The van der Waals surface area contributed by atoms with Gasteiger partial charge in [0.15, 0.2) is 5.75 Å². The highest BCUT2D eigenvalue weighted by Crippen LogP contribution is 2.34. The Morgan fingerprint density at radius 3 is 2.38 bits per heavy atom. The van der Waals surface area contributed by atoms with Gasteiger partial charge in [0.05, 0.1) is 10.0 Å². The topological polar surface area (TPSA) is 33.3 Å². The van der Waals surface area contributed by atoms with Crippen LogP contribution in [0, 0.1) is 12.3 Å². The largest absolute Gasteiger partial charge is 0.478 e. The minimum absolute atomic E-state index is 0.132. The van der Waals surface area contributed by atoms with Crippen molar-refractivity contribution in [2.45, 2.75) is 6.54 Å². The number of hydrogen-bond donors (Lipinski definition) is 2. The monoisotopic (exact) mass is 320 g/mol. The molecule has 2 N–H and O–H groups in total. The van der Waals surface area contributed by atoms with Gasteiger partial charge >= 0.3 is 0 Å². The van der Waals surface area contributed by atoms with Crippen LogP contribution in [0.15, 0.2) is 42.5 Å². The van der Waals surface area contributed by atoms with Crippen LogP contribution in [0.1, 0.15) is 5.56 Å². The molecule has 21 heavy (non-hydrogen) atoms. The van der Waals surface area contributed by atoms with Gasteiger partial charge in [-0.2, -0.15) is 0 Å². The van der Waals surface area contributed by atoms with Gasteiger partial charge in [0, 0.05) is 12.2 Å². The van der Waals surface area contributed by atoms with Gasteiger partial charge in [-0.3, -0.25) is 0 Å². The molecule has 2 aromatic carbocycles. The molecule has 108 valence electrons. The van der Waals surface area contributed by atoms with Crippen molar-refractivity contribution < 1.29 is 4.74 Å². The van der Waals surface area contributed by atoms with E-state index in [1.54, 1.807) is 12.1 Å². The first-order valence-electron chi connectivity index (χ1n) is 6.29. The summed E-state index contributed by atoms with van der Waals surface area (Å²) in [7, 11) is 0. The van der Waals surface area contributed by atoms with Crippen LogP contribution in [0.2, 0.25) is 10.0 Å². The van der Waals surface area contributed by atoms with Crippen LogP contribution in [0.5, 0.6) is 5.75 Å². The maximum absolute atomic E-state index is 6.14. The molecule has 0 saturated carbocycles. The van der Waals surface area contributed by atoms with Crippen LogP contribution in [-0.4, -0.2) is 6.61 Å². The highest BCUT2D eigenvalue weighted by Gasteiger charge is 2.09. The Kier molecular flexibility index (Phi) is 5.77. The van der Waals surface area contributed by atoms with Crippen molar-refractivity contribution in [2.24, 2.45) is 0 Å². The number of para-hydroxylation sites is 1. The van der Waals surface area contributed by atoms with Crippen molar-refractivity contribution >= 4 is 28.9 Å². The van der Waals surface area contributed by atoms with E-state index in [2.05, 4.69) is 16.8 Å². The van der Waals surface area contributed by atoms with E-state index in [0.717, 1.165) is 11.3 Å². The molecular weight excluding hydrogens is 307 g/mol. The Balaban J connectivity index is 1.97. The van der Waals surface area contributed by atoms with Crippen LogP contribution >= 0.6 is 23.2 Å². The molecule has 3 nitrogen and oxygen atoms in total. The number of halogens is 2. The summed E-state index contributed by atoms with van der Waals surface area (Å²) in [6.07, 6.45) is 5.15. The van der Waals surface area contributed by atoms with E-state index in [-0.39, 0.29) is 6.61 Å².